The van der Waals surface area contributed by atoms with Crippen LogP contribution in [0.1, 0.15) is 29.5 Å². The average Bonchev–Trinajstić information content (AvgIpc) is 2.61. The number of piperidine rings is 1. The van der Waals surface area contributed by atoms with E-state index in [1.807, 2.05) is 0 Å². The first-order valence-corrected chi connectivity index (χ1v) is 8.63. The summed E-state index contributed by atoms with van der Waals surface area (Å²) in [5, 5.41) is 3.37. The number of halogens is 3. The van der Waals surface area contributed by atoms with Gasteiger partial charge in [0.25, 0.3) is 0 Å². The van der Waals surface area contributed by atoms with E-state index < -0.39 is 11.7 Å². The fraction of sp³-hybridized carbons (Fsp3) is 0.400. The second-order valence-corrected chi connectivity index (χ2v) is 6.64. The van der Waals surface area contributed by atoms with E-state index in [2.05, 4.69) is 41.4 Å². The summed E-state index contributed by atoms with van der Waals surface area (Å²) in [6, 6.07) is 14.3. The molecular formula is C20H23F3N2. The zero-order valence-electron chi connectivity index (χ0n) is 14.3. The van der Waals surface area contributed by atoms with E-state index in [1.165, 1.54) is 17.7 Å². The molecule has 25 heavy (non-hydrogen) atoms. The van der Waals surface area contributed by atoms with E-state index in [4.69, 9.17) is 0 Å². The molecule has 0 atom stereocenters. The van der Waals surface area contributed by atoms with Crippen LogP contribution in [0.25, 0.3) is 0 Å². The molecule has 1 heterocycles. The number of hydrogen-bond acceptors (Lipinski definition) is 2. The number of benzene rings is 2. The maximum atomic E-state index is 12.8. The van der Waals surface area contributed by atoms with Crippen molar-refractivity contribution < 1.29 is 13.2 Å². The minimum atomic E-state index is -4.29. The summed E-state index contributed by atoms with van der Waals surface area (Å²) >= 11 is 0. The lowest BCUT2D eigenvalue weighted by molar-refractivity contribution is -0.137. The smallest absolute Gasteiger partial charge is 0.364 e. The third kappa shape index (κ3) is 4.54. The van der Waals surface area contributed by atoms with E-state index in [1.54, 1.807) is 12.1 Å². The summed E-state index contributed by atoms with van der Waals surface area (Å²) < 4.78 is 38.3. The number of nitrogens with one attached hydrogen (secondary N) is 1. The first-order chi connectivity index (χ1) is 11.9. The third-order valence-corrected chi connectivity index (χ3v) is 4.75. The van der Waals surface area contributed by atoms with Crippen molar-refractivity contribution in [2.75, 3.05) is 18.0 Å². The summed E-state index contributed by atoms with van der Waals surface area (Å²) in [7, 11) is 0. The Bertz CT molecular complexity index is 672. The van der Waals surface area contributed by atoms with E-state index >= 15 is 0 Å². The van der Waals surface area contributed by atoms with Crippen molar-refractivity contribution in [3.63, 3.8) is 0 Å². The van der Waals surface area contributed by atoms with Crippen LogP contribution < -0.4 is 10.2 Å². The van der Waals surface area contributed by atoms with Crippen LogP contribution in [0.5, 0.6) is 0 Å². The number of rotatable bonds is 4. The molecule has 0 radical (unpaired) electrons. The molecule has 0 aromatic heterocycles. The Hall–Kier alpha value is -2.01. The fourth-order valence-corrected chi connectivity index (χ4v) is 3.28. The molecule has 2 nitrogen and oxygen atoms in total. The standard InChI is InChI=1S/C20H23F3N2/c1-15-2-8-18(9-3-15)25(19-10-12-24-13-11-19)14-16-4-6-17(7-5-16)20(21,22)23/h2-9,19,24H,10-14H2,1H3. The summed E-state index contributed by atoms with van der Waals surface area (Å²) in [6.45, 7) is 4.61. The maximum absolute atomic E-state index is 12.8. The largest absolute Gasteiger partial charge is 0.416 e. The van der Waals surface area contributed by atoms with Gasteiger partial charge in [-0.3, -0.25) is 0 Å². The van der Waals surface area contributed by atoms with Gasteiger partial charge in [-0.25, -0.2) is 0 Å². The van der Waals surface area contributed by atoms with E-state index in [-0.39, 0.29) is 0 Å². The van der Waals surface area contributed by atoms with Crippen LogP contribution in [0.4, 0.5) is 18.9 Å². The second-order valence-electron chi connectivity index (χ2n) is 6.64. The molecule has 2 aromatic rings. The molecule has 1 aliphatic rings. The molecule has 1 N–H and O–H groups in total. The Balaban J connectivity index is 1.82. The van der Waals surface area contributed by atoms with Crippen LogP contribution in [-0.4, -0.2) is 19.1 Å². The van der Waals surface area contributed by atoms with E-state index in [0.717, 1.165) is 37.2 Å². The van der Waals surface area contributed by atoms with Gasteiger partial charge >= 0.3 is 6.18 Å². The molecule has 3 rings (SSSR count). The molecule has 0 amide bonds. The quantitative estimate of drug-likeness (QED) is 0.856. The molecule has 0 spiro atoms. The highest BCUT2D eigenvalue weighted by Gasteiger charge is 2.30. The minimum Gasteiger partial charge on any atom is -0.364 e. The van der Waals surface area contributed by atoms with Crippen LogP contribution in [0.3, 0.4) is 0 Å². The average molecular weight is 348 g/mol. The fourth-order valence-electron chi connectivity index (χ4n) is 3.28. The number of aryl methyl sites for hydroxylation is 1. The highest BCUT2D eigenvalue weighted by atomic mass is 19.4. The van der Waals surface area contributed by atoms with Crippen molar-refractivity contribution in [1.29, 1.82) is 0 Å². The van der Waals surface area contributed by atoms with Crippen LogP contribution in [-0.2, 0) is 12.7 Å². The lowest BCUT2D eigenvalue weighted by Crippen LogP contribution is -2.43. The maximum Gasteiger partial charge on any atom is 0.416 e. The van der Waals surface area contributed by atoms with Gasteiger partial charge in [0.05, 0.1) is 5.56 Å². The van der Waals surface area contributed by atoms with Crippen LogP contribution in [0, 0.1) is 6.92 Å². The zero-order chi connectivity index (χ0) is 17.9. The molecule has 1 aliphatic heterocycles. The lowest BCUT2D eigenvalue weighted by atomic mass is 10.0. The highest BCUT2D eigenvalue weighted by molar-refractivity contribution is 5.49. The van der Waals surface area contributed by atoms with Gasteiger partial charge in [-0.15, -0.1) is 0 Å². The van der Waals surface area contributed by atoms with Gasteiger partial charge in [-0.1, -0.05) is 29.8 Å². The van der Waals surface area contributed by atoms with Gasteiger partial charge in [-0.2, -0.15) is 13.2 Å². The normalized spacial score (nSPS) is 16.0. The van der Waals surface area contributed by atoms with Crippen molar-refractivity contribution in [2.45, 2.75) is 38.5 Å². The van der Waals surface area contributed by atoms with Crippen molar-refractivity contribution in [3.8, 4) is 0 Å². The SMILES string of the molecule is Cc1ccc(N(Cc2ccc(C(F)(F)F)cc2)C2CCNCC2)cc1. The first kappa shape index (κ1) is 17.8. The van der Waals surface area contributed by atoms with Crippen LogP contribution in [0.15, 0.2) is 48.5 Å². The Morgan fingerprint density at radius 1 is 0.960 bits per heavy atom. The van der Waals surface area contributed by atoms with Gasteiger partial charge < -0.3 is 10.2 Å². The molecule has 134 valence electrons. The zero-order valence-corrected chi connectivity index (χ0v) is 14.3. The summed E-state index contributed by atoms with van der Waals surface area (Å²) in [5.41, 5.74) is 2.62. The molecule has 1 fully saturated rings. The number of anilines is 1. The lowest BCUT2D eigenvalue weighted by Gasteiger charge is -2.36. The van der Waals surface area contributed by atoms with E-state index in [9.17, 15) is 13.2 Å². The molecule has 0 aliphatic carbocycles. The Morgan fingerprint density at radius 3 is 2.12 bits per heavy atom. The molecule has 0 saturated carbocycles. The van der Waals surface area contributed by atoms with Gasteiger partial charge in [0.15, 0.2) is 0 Å². The second kappa shape index (κ2) is 7.48. The number of nitrogens with zero attached hydrogens (tertiary/aromatic N) is 1. The molecule has 5 heteroatoms. The Morgan fingerprint density at radius 2 is 1.56 bits per heavy atom. The minimum absolute atomic E-state index is 0.395. The van der Waals surface area contributed by atoms with Crippen LogP contribution in [0.2, 0.25) is 0 Å². The molecule has 0 bridgehead atoms. The van der Waals surface area contributed by atoms with Gasteiger partial charge in [0, 0.05) is 18.3 Å². The van der Waals surface area contributed by atoms with Gasteiger partial charge in [0.1, 0.15) is 0 Å². The van der Waals surface area contributed by atoms with Crippen LogP contribution >= 0.6 is 0 Å². The first-order valence-electron chi connectivity index (χ1n) is 8.63. The van der Waals surface area contributed by atoms with Crippen molar-refractivity contribution in [2.24, 2.45) is 0 Å². The Kier molecular flexibility index (Phi) is 5.33. The van der Waals surface area contributed by atoms with Crippen molar-refractivity contribution in [3.05, 3.63) is 65.2 Å². The molecular weight excluding hydrogens is 325 g/mol. The summed E-state index contributed by atoms with van der Waals surface area (Å²) in [6.07, 6.45) is -2.22. The third-order valence-electron chi connectivity index (χ3n) is 4.75. The highest BCUT2D eigenvalue weighted by Crippen LogP contribution is 2.30. The van der Waals surface area contributed by atoms with Crippen molar-refractivity contribution >= 4 is 5.69 Å². The summed E-state index contributed by atoms with van der Waals surface area (Å²) in [4.78, 5) is 2.32. The number of alkyl halides is 3. The van der Waals surface area contributed by atoms with Crippen molar-refractivity contribution in [1.82, 2.24) is 5.32 Å². The van der Waals surface area contributed by atoms with Gasteiger partial charge in [-0.05, 0) is 62.7 Å². The summed E-state index contributed by atoms with van der Waals surface area (Å²) in [5.74, 6) is 0. The molecule has 0 unspecified atom stereocenters. The number of hydrogen-bond donors (Lipinski definition) is 1. The Labute approximate surface area is 146 Å². The predicted octanol–water partition coefficient (Wildman–Crippen LogP) is 4.77. The molecule has 1 saturated heterocycles. The van der Waals surface area contributed by atoms with E-state index in [0.29, 0.717) is 12.6 Å². The topological polar surface area (TPSA) is 15.3 Å². The molecule has 2 aromatic carbocycles. The van der Waals surface area contributed by atoms with Gasteiger partial charge in [0.2, 0.25) is 0 Å². The predicted molar refractivity (Wildman–Crippen MR) is 94.7 cm³/mol. The monoisotopic (exact) mass is 348 g/mol.